The first-order valence-electron chi connectivity index (χ1n) is 6.22. The Morgan fingerprint density at radius 1 is 1.57 bits per heavy atom. The predicted octanol–water partition coefficient (Wildman–Crippen LogP) is 2.75. The van der Waals surface area contributed by atoms with Crippen molar-refractivity contribution in [1.29, 1.82) is 5.26 Å². The Hall–Kier alpha value is -1.78. The van der Waals surface area contributed by atoms with Gasteiger partial charge in [-0.05, 0) is 23.4 Å². The van der Waals surface area contributed by atoms with Crippen molar-refractivity contribution in [2.75, 3.05) is 12.9 Å². The maximum absolute atomic E-state index is 12.0. The quantitative estimate of drug-likeness (QED) is 0.887. The third kappa shape index (κ3) is 3.28. The fourth-order valence-corrected chi connectivity index (χ4v) is 4.20. The van der Waals surface area contributed by atoms with Crippen molar-refractivity contribution in [3.05, 3.63) is 33.6 Å². The number of carbonyl (C=O) groups is 1. The molecule has 7 heteroatoms. The van der Waals surface area contributed by atoms with Gasteiger partial charge in [-0.3, -0.25) is 4.79 Å². The van der Waals surface area contributed by atoms with Crippen LogP contribution in [0.4, 0.5) is 0 Å². The minimum Gasteiger partial charge on any atom is -0.504 e. The zero-order valence-electron chi connectivity index (χ0n) is 11.5. The molecule has 0 fully saturated rings. The zero-order valence-corrected chi connectivity index (χ0v) is 13.2. The molecule has 0 spiro atoms. The zero-order chi connectivity index (χ0) is 15.4. The van der Waals surface area contributed by atoms with Crippen LogP contribution in [0.15, 0.2) is 28.0 Å². The van der Waals surface area contributed by atoms with Crippen LogP contribution in [0.25, 0.3) is 0 Å². The summed E-state index contributed by atoms with van der Waals surface area (Å²) in [5.41, 5.74) is 0.961. The lowest BCUT2D eigenvalue weighted by Gasteiger charge is -2.25. The monoisotopic (exact) mass is 322 g/mol. The van der Waals surface area contributed by atoms with Crippen molar-refractivity contribution in [3.63, 3.8) is 0 Å². The fourth-order valence-electron chi connectivity index (χ4n) is 1.82. The standard InChI is InChI=1S/C14H14N2O3S2/c1-3-20-14-9(7-15)12(18)16-13(21-14)8-4-5-10(17)11(6-8)19-2/h4-6,13,17H,3H2,1-2H3,(H,16,18)/t13-/m1/s1. The minimum atomic E-state index is -0.371. The maximum atomic E-state index is 12.0. The highest BCUT2D eigenvalue weighted by molar-refractivity contribution is 8.22. The van der Waals surface area contributed by atoms with Crippen LogP contribution in [-0.2, 0) is 4.79 Å². The van der Waals surface area contributed by atoms with Gasteiger partial charge >= 0.3 is 0 Å². The topological polar surface area (TPSA) is 82.4 Å². The molecule has 0 unspecified atom stereocenters. The van der Waals surface area contributed by atoms with E-state index in [1.54, 1.807) is 12.1 Å². The molecule has 1 aromatic rings. The molecule has 1 amide bonds. The lowest BCUT2D eigenvalue weighted by molar-refractivity contribution is -0.117. The highest BCUT2D eigenvalue weighted by atomic mass is 32.2. The molecule has 110 valence electrons. The molecule has 2 rings (SSSR count). The number of thioether (sulfide) groups is 2. The smallest absolute Gasteiger partial charge is 0.264 e. The number of hydrogen-bond donors (Lipinski definition) is 2. The van der Waals surface area contributed by atoms with Gasteiger partial charge in [-0.1, -0.05) is 24.8 Å². The van der Waals surface area contributed by atoms with Crippen LogP contribution in [0.3, 0.4) is 0 Å². The summed E-state index contributed by atoms with van der Waals surface area (Å²) in [6.45, 7) is 1.97. The second-order valence-electron chi connectivity index (χ2n) is 4.11. The molecule has 1 atom stereocenters. The number of amides is 1. The van der Waals surface area contributed by atoms with Gasteiger partial charge in [0.1, 0.15) is 17.0 Å². The summed E-state index contributed by atoms with van der Waals surface area (Å²) in [7, 11) is 1.47. The lowest BCUT2D eigenvalue weighted by atomic mass is 10.2. The molecule has 1 aliphatic rings. The molecule has 0 radical (unpaired) electrons. The average molecular weight is 322 g/mol. The van der Waals surface area contributed by atoms with E-state index in [1.165, 1.54) is 36.7 Å². The molecule has 1 aromatic carbocycles. The molecule has 21 heavy (non-hydrogen) atoms. The van der Waals surface area contributed by atoms with E-state index in [1.807, 2.05) is 13.0 Å². The Kier molecular flexibility index (Phi) is 5.04. The van der Waals surface area contributed by atoms with Crippen LogP contribution >= 0.6 is 23.5 Å². The van der Waals surface area contributed by atoms with Gasteiger partial charge in [0.2, 0.25) is 0 Å². The number of nitrogens with one attached hydrogen (secondary N) is 1. The molecule has 0 aromatic heterocycles. The van der Waals surface area contributed by atoms with Crippen molar-refractivity contribution >= 4 is 29.4 Å². The fraction of sp³-hybridized carbons (Fsp3) is 0.286. The van der Waals surface area contributed by atoms with Gasteiger partial charge in [-0.25, -0.2) is 0 Å². The normalized spacial score (nSPS) is 18.1. The Labute approximate surface area is 131 Å². The minimum absolute atomic E-state index is 0.0461. The second-order valence-corrected chi connectivity index (χ2v) is 6.76. The Bertz CT molecular complexity index is 638. The van der Waals surface area contributed by atoms with Crippen LogP contribution in [-0.4, -0.2) is 23.9 Å². The van der Waals surface area contributed by atoms with Crippen molar-refractivity contribution < 1.29 is 14.6 Å². The van der Waals surface area contributed by atoms with Gasteiger partial charge in [0.05, 0.1) is 11.3 Å². The molecular weight excluding hydrogens is 308 g/mol. The number of nitrogens with zero attached hydrogens (tertiary/aromatic N) is 1. The van der Waals surface area contributed by atoms with Gasteiger partial charge in [0.25, 0.3) is 5.91 Å². The number of nitriles is 1. The van der Waals surface area contributed by atoms with E-state index in [-0.39, 0.29) is 22.6 Å². The summed E-state index contributed by atoms with van der Waals surface area (Å²) in [4.78, 5) is 12.0. The average Bonchev–Trinajstić information content (AvgIpc) is 2.47. The number of rotatable bonds is 4. The third-order valence-electron chi connectivity index (χ3n) is 2.81. The summed E-state index contributed by atoms with van der Waals surface area (Å²) < 4.78 is 5.80. The summed E-state index contributed by atoms with van der Waals surface area (Å²) in [6, 6.07) is 6.88. The molecule has 0 saturated heterocycles. The Morgan fingerprint density at radius 2 is 2.33 bits per heavy atom. The Balaban J connectivity index is 2.33. The SMILES string of the molecule is CCSC1=C(C#N)C(=O)N[C@@H](c2ccc(O)c(OC)c2)S1. The first-order valence-corrected chi connectivity index (χ1v) is 8.08. The van der Waals surface area contributed by atoms with Gasteiger partial charge in [0, 0.05) is 0 Å². The van der Waals surface area contributed by atoms with Gasteiger partial charge in [-0.15, -0.1) is 11.8 Å². The molecule has 1 aliphatic heterocycles. The van der Waals surface area contributed by atoms with E-state index in [9.17, 15) is 9.90 Å². The number of phenolic OH excluding ortho intramolecular Hbond substituents is 1. The largest absolute Gasteiger partial charge is 0.504 e. The Morgan fingerprint density at radius 3 is 2.95 bits per heavy atom. The molecule has 0 saturated carbocycles. The van der Waals surface area contributed by atoms with Gasteiger partial charge < -0.3 is 15.2 Å². The van der Waals surface area contributed by atoms with Gasteiger partial charge in [-0.2, -0.15) is 5.26 Å². The van der Waals surface area contributed by atoms with E-state index >= 15 is 0 Å². The van der Waals surface area contributed by atoms with E-state index in [4.69, 9.17) is 10.00 Å². The lowest BCUT2D eigenvalue weighted by Crippen LogP contribution is -2.31. The summed E-state index contributed by atoms with van der Waals surface area (Å²) in [5, 5.41) is 21.2. The molecule has 0 aliphatic carbocycles. The van der Waals surface area contributed by atoms with Crippen molar-refractivity contribution in [1.82, 2.24) is 5.32 Å². The van der Waals surface area contributed by atoms with Crippen molar-refractivity contribution in [2.24, 2.45) is 0 Å². The van der Waals surface area contributed by atoms with E-state index in [0.29, 0.717) is 5.75 Å². The number of benzene rings is 1. The van der Waals surface area contributed by atoms with E-state index < -0.39 is 0 Å². The molecule has 2 N–H and O–H groups in total. The summed E-state index contributed by atoms with van der Waals surface area (Å²) in [6.07, 6.45) is 0. The van der Waals surface area contributed by atoms with E-state index in [0.717, 1.165) is 15.6 Å². The molecule has 0 bridgehead atoms. The number of carbonyl (C=O) groups excluding carboxylic acids is 1. The van der Waals surface area contributed by atoms with Crippen LogP contribution in [0.1, 0.15) is 17.9 Å². The number of aromatic hydroxyl groups is 1. The maximum Gasteiger partial charge on any atom is 0.264 e. The third-order valence-corrected chi connectivity index (χ3v) is 5.25. The van der Waals surface area contributed by atoms with Crippen LogP contribution in [0.5, 0.6) is 11.5 Å². The van der Waals surface area contributed by atoms with E-state index in [2.05, 4.69) is 5.32 Å². The highest BCUT2D eigenvalue weighted by Crippen LogP contribution is 2.44. The molecule has 1 heterocycles. The summed E-state index contributed by atoms with van der Waals surface area (Å²) >= 11 is 2.90. The van der Waals surface area contributed by atoms with Crippen LogP contribution in [0.2, 0.25) is 0 Å². The first kappa shape index (κ1) is 15.6. The number of methoxy groups -OCH3 is 1. The predicted molar refractivity (Wildman–Crippen MR) is 83.9 cm³/mol. The molecule has 5 nitrogen and oxygen atoms in total. The van der Waals surface area contributed by atoms with Crippen molar-refractivity contribution in [2.45, 2.75) is 12.3 Å². The number of hydrogen-bond acceptors (Lipinski definition) is 6. The number of ether oxygens (including phenoxy) is 1. The summed E-state index contributed by atoms with van der Waals surface area (Å²) in [5.74, 6) is 0.808. The van der Waals surface area contributed by atoms with Gasteiger partial charge in [0.15, 0.2) is 11.5 Å². The number of phenols is 1. The van der Waals surface area contributed by atoms with Crippen molar-refractivity contribution in [3.8, 4) is 17.6 Å². The highest BCUT2D eigenvalue weighted by Gasteiger charge is 2.29. The van der Waals surface area contributed by atoms with Crippen LogP contribution < -0.4 is 10.1 Å². The second kappa shape index (κ2) is 6.78. The molecular formula is C14H14N2O3S2. The van der Waals surface area contributed by atoms with Crippen LogP contribution in [0, 0.1) is 11.3 Å². The first-order chi connectivity index (χ1) is 10.1.